The minimum Gasteiger partial charge on any atom is -0.497 e. The molecule has 2 aromatic rings. The second kappa shape index (κ2) is 8.22. The zero-order valence-electron chi connectivity index (χ0n) is 16.3. The van der Waals surface area contributed by atoms with Gasteiger partial charge in [0.05, 0.1) is 7.11 Å². The fraction of sp³-hybridized carbons (Fsp3) is 0.381. The molecule has 1 aliphatic carbocycles. The van der Waals surface area contributed by atoms with E-state index in [0.717, 1.165) is 18.4 Å². The second-order valence-corrected chi connectivity index (χ2v) is 8.76. The molecule has 2 aromatic carbocycles. The molecule has 28 heavy (non-hydrogen) atoms. The van der Waals surface area contributed by atoms with Gasteiger partial charge in [-0.15, -0.1) is 0 Å². The molecule has 3 rings (SSSR count). The Bertz CT molecular complexity index is 934. The van der Waals surface area contributed by atoms with Gasteiger partial charge in [0.2, 0.25) is 5.91 Å². The maximum atomic E-state index is 12.5. The quantitative estimate of drug-likeness (QED) is 0.630. The fourth-order valence-corrected chi connectivity index (χ4v) is 3.84. The number of ether oxygens (including phenoxy) is 1. The summed E-state index contributed by atoms with van der Waals surface area (Å²) in [6, 6.07) is 13.2. The predicted octanol–water partition coefficient (Wildman–Crippen LogP) is 3.61. The van der Waals surface area contributed by atoms with E-state index >= 15 is 0 Å². The van der Waals surface area contributed by atoms with E-state index in [0.29, 0.717) is 12.3 Å². The molecule has 0 aromatic heterocycles. The average molecular weight is 404 g/mol. The zero-order valence-corrected chi connectivity index (χ0v) is 17.1. The summed E-state index contributed by atoms with van der Waals surface area (Å²) < 4.78 is 35.4. The molecule has 0 aliphatic heterocycles. The van der Waals surface area contributed by atoms with Gasteiger partial charge in [-0.3, -0.25) is 4.79 Å². The van der Waals surface area contributed by atoms with Crippen molar-refractivity contribution in [3.8, 4) is 11.5 Å². The second-order valence-electron chi connectivity index (χ2n) is 7.21. The Balaban J connectivity index is 1.76. The first kappa shape index (κ1) is 20.2. The number of methoxy groups -OCH3 is 1. The molecule has 6 nitrogen and oxygen atoms in total. The SMILES string of the molecule is COc1ccc(S(=O)(=O)Oc2cccc(CN(C(=O)C(C)C)C3CC3)c2)cc1. The standard InChI is InChI=1S/C21H25NO5S/c1-15(2)21(23)22(17-7-8-17)14-16-5-4-6-19(13-16)27-28(24,25)20-11-9-18(26-3)10-12-20/h4-6,9-13,15,17H,7-8,14H2,1-3H3. The van der Waals surface area contributed by atoms with Crippen LogP contribution in [0.4, 0.5) is 0 Å². The van der Waals surface area contributed by atoms with Gasteiger partial charge in [-0.05, 0) is 54.8 Å². The maximum absolute atomic E-state index is 12.5. The monoisotopic (exact) mass is 403 g/mol. The van der Waals surface area contributed by atoms with E-state index in [-0.39, 0.29) is 28.5 Å². The summed E-state index contributed by atoms with van der Waals surface area (Å²) in [5.74, 6) is 0.826. The highest BCUT2D eigenvalue weighted by atomic mass is 32.2. The van der Waals surface area contributed by atoms with Crippen molar-refractivity contribution in [2.75, 3.05) is 7.11 Å². The number of hydrogen-bond donors (Lipinski definition) is 0. The van der Waals surface area contributed by atoms with E-state index in [1.807, 2.05) is 24.8 Å². The molecule has 7 heteroatoms. The Morgan fingerprint density at radius 3 is 2.36 bits per heavy atom. The molecule has 1 saturated carbocycles. The van der Waals surface area contributed by atoms with Gasteiger partial charge >= 0.3 is 10.1 Å². The zero-order chi connectivity index (χ0) is 20.3. The maximum Gasteiger partial charge on any atom is 0.339 e. The number of rotatable bonds is 8. The molecule has 1 amide bonds. The lowest BCUT2D eigenvalue weighted by Crippen LogP contribution is -2.35. The minimum atomic E-state index is -3.95. The molecule has 0 heterocycles. The van der Waals surface area contributed by atoms with Crippen LogP contribution in [0.3, 0.4) is 0 Å². The third-order valence-electron chi connectivity index (χ3n) is 4.57. The first-order valence-electron chi connectivity index (χ1n) is 9.28. The average Bonchev–Trinajstić information content (AvgIpc) is 3.50. The van der Waals surface area contributed by atoms with E-state index in [1.165, 1.54) is 19.2 Å². The van der Waals surface area contributed by atoms with Gasteiger partial charge in [-0.1, -0.05) is 26.0 Å². The molecular formula is C21H25NO5S. The van der Waals surface area contributed by atoms with Crippen molar-refractivity contribution in [3.05, 3.63) is 54.1 Å². The summed E-state index contributed by atoms with van der Waals surface area (Å²) in [4.78, 5) is 14.4. The molecule has 0 N–H and O–H groups in total. The van der Waals surface area contributed by atoms with Gasteiger partial charge in [-0.25, -0.2) is 0 Å². The molecule has 0 spiro atoms. The number of amides is 1. The Labute approximate surface area is 166 Å². The molecule has 1 fully saturated rings. The van der Waals surface area contributed by atoms with Crippen LogP contribution >= 0.6 is 0 Å². The van der Waals surface area contributed by atoms with Crippen molar-refractivity contribution in [2.45, 2.75) is 44.2 Å². The van der Waals surface area contributed by atoms with Crippen molar-refractivity contribution < 1.29 is 22.1 Å². The van der Waals surface area contributed by atoms with E-state index in [1.54, 1.807) is 30.3 Å². The molecular weight excluding hydrogens is 378 g/mol. The number of hydrogen-bond acceptors (Lipinski definition) is 5. The van der Waals surface area contributed by atoms with Crippen molar-refractivity contribution in [1.82, 2.24) is 4.90 Å². The van der Waals surface area contributed by atoms with Gasteiger partial charge in [-0.2, -0.15) is 8.42 Å². The third kappa shape index (κ3) is 4.84. The van der Waals surface area contributed by atoms with E-state index in [2.05, 4.69) is 0 Å². The summed E-state index contributed by atoms with van der Waals surface area (Å²) in [5.41, 5.74) is 0.836. The van der Waals surface area contributed by atoms with Crippen LogP contribution in [-0.2, 0) is 21.5 Å². The summed E-state index contributed by atoms with van der Waals surface area (Å²) in [6.07, 6.45) is 2.03. The molecule has 0 unspecified atom stereocenters. The van der Waals surface area contributed by atoms with Crippen LogP contribution in [0.1, 0.15) is 32.3 Å². The molecule has 0 radical (unpaired) electrons. The minimum absolute atomic E-state index is 0.0493. The first-order valence-corrected chi connectivity index (χ1v) is 10.7. The summed E-state index contributed by atoms with van der Waals surface area (Å²) >= 11 is 0. The molecule has 150 valence electrons. The number of carbonyl (C=O) groups is 1. The van der Waals surface area contributed by atoms with Crippen LogP contribution in [0.5, 0.6) is 11.5 Å². The van der Waals surface area contributed by atoms with Crippen LogP contribution < -0.4 is 8.92 Å². The summed E-state index contributed by atoms with van der Waals surface area (Å²) in [5, 5.41) is 0. The Morgan fingerprint density at radius 2 is 1.79 bits per heavy atom. The van der Waals surface area contributed by atoms with E-state index in [9.17, 15) is 13.2 Å². The molecule has 0 saturated heterocycles. The van der Waals surface area contributed by atoms with Crippen molar-refractivity contribution in [2.24, 2.45) is 5.92 Å². The number of carbonyl (C=O) groups excluding carboxylic acids is 1. The number of benzene rings is 2. The van der Waals surface area contributed by atoms with Gasteiger partial charge in [0.25, 0.3) is 0 Å². The van der Waals surface area contributed by atoms with Crippen LogP contribution in [0.25, 0.3) is 0 Å². The van der Waals surface area contributed by atoms with Crippen LogP contribution in [-0.4, -0.2) is 32.4 Å². The highest BCUT2D eigenvalue weighted by Gasteiger charge is 2.33. The lowest BCUT2D eigenvalue weighted by atomic mass is 10.1. The first-order chi connectivity index (χ1) is 13.3. The Hall–Kier alpha value is -2.54. The largest absolute Gasteiger partial charge is 0.497 e. The lowest BCUT2D eigenvalue weighted by molar-refractivity contribution is -0.135. The molecule has 0 atom stereocenters. The van der Waals surface area contributed by atoms with Crippen molar-refractivity contribution >= 4 is 16.0 Å². The molecule has 1 aliphatic rings. The topological polar surface area (TPSA) is 72.9 Å². The van der Waals surface area contributed by atoms with E-state index < -0.39 is 10.1 Å². The smallest absolute Gasteiger partial charge is 0.339 e. The van der Waals surface area contributed by atoms with Gasteiger partial charge < -0.3 is 13.8 Å². The highest BCUT2D eigenvalue weighted by molar-refractivity contribution is 7.87. The normalized spacial score (nSPS) is 14.0. The van der Waals surface area contributed by atoms with Crippen LogP contribution in [0.2, 0.25) is 0 Å². The Kier molecular flexibility index (Phi) is 5.93. The lowest BCUT2D eigenvalue weighted by Gasteiger charge is -2.24. The van der Waals surface area contributed by atoms with E-state index in [4.69, 9.17) is 8.92 Å². The molecule has 0 bridgehead atoms. The van der Waals surface area contributed by atoms with Gasteiger partial charge in [0, 0.05) is 18.5 Å². The summed E-state index contributed by atoms with van der Waals surface area (Å²) in [6.45, 7) is 4.22. The van der Waals surface area contributed by atoms with Crippen LogP contribution in [0, 0.1) is 5.92 Å². The van der Waals surface area contributed by atoms with Crippen LogP contribution in [0.15, 0.2) is 53.4 Å². The van der Waals surface area contributed by atoms with Gasteiger partial charge in [0.15, 0.2) is 0 Å². The third-order valence-corrected chi connectivity index (χ3v) is 5.83. The van der Waals surface area contributed by atoms with Crippen molar-refractivity contribution in [3.63, 3.8) is 0 Å². The Morgan fingerprint density at radius 1 is 1.11 bits per heavy atom. The van der Waals surface area contributed by atoms with Gasteiger partial charge in [0.1, 0.15) is 16.4 Å². The fourth-order valence-electron chi connectivity index (χ4n) is 2.91. The number of nitrogens with zero attached hydrogens (tertiary/aromatic N) is 1. The van der Waals surface area contributed by atoms with Crippen molar-refractivity contribution in [1.29, 1.82) is 0 Å². The highest BCUT2D eigenvalue weighted by Crippen LogP contribution is 2.30. The summed E-state index contributed by atoms with van der Waals surface area (Å²) in [7, 11) is -2.44. The predicted molar refractivity (Wildman–Crippen MR) is 106 cm³/mol.